The van der Waals surface area contributed by atoms with Crippen molar-refractivity contribution in [3.8, 4) is 5.75 Å². The van der Waals surface area contributed by atoms with Gasteiger partial charge in [0.25, 0.3) is 0 Å². The topological polar surface area (TPSA) is 69.4 Å². The van der Waals surface area contributed by atoms with Crippen LogP contribution in [0.5, 0.6) is 5.75 Å². The molecular weight excluding hydrogens is 321 g/mol. The Morgan fingerprint density at radius 2 is 1.85 bits per heavy atom. The summed E-state index contributed by atoms with van der Waals surface area (Å²) in [6.45, 7) is 5.20. The molecular formula is C13H19Cl2NO3S. The lowest BCUT2D eigenvalue weighted by Crippen LogP contribution is -2.32. The summed E-state index contributed by atoms with van der Waals surface area (Å²) in [7, 11) is -3.23. The van der Waals surface area contributed by atoms with Crippen molar-refractivity contribution in [3.63, 3.8) is 0 Å². The van der Waals surface area contributed by atoms with E-state index in [1.807, 2.05) is 0 Å². The maximum Gasteiger partial charge on any atom is 0.158 e. The van der Waals surface area contributed by atoms with E-state index in [4.69, 9.17) is 33.7 Å². The third-order valence-electron chi connectivity index (χ3n) is 2.84. The molecule has 0 fully saturated rings. The molecule has 0 aromatic heterocycles. The molecule has 0 unspecified atom stereocenters. The van der Waals surface area contributed by atoms with Gasteiger partial charge in [-0.3, -0.25) is 0 Å². The smallest absolute Gasteiger partial charge is 0.158 e. The molecule has 1 rings (SSSR count). The Labute approximate surface area is 130 Å². The van der Waals surface area contributed by atoms with Gasteiger partial charge in [0.1, 0.15) is 12.4 Å². The van der Waals surface area contributed by atoms with Gasteiger partial charge in [-0.25, -0.2) is 8.42 Å². The van der Waals surface area contributed by atoms with Crippen LogP contribution in [0.25, 0.3) is 0 Å². The lowest BCUT2D eigenvalue weighted by Gasteiger charge is -2.20. The molecule has 0 saturated carbocycles. The van der Waals surface area contributed by atoms with Crippen molar-refractivity contribution in [1.29, 1.82) is 0 Å². The van der Waals surface area contributed by atoms with Gasteiger partial charge in [0.2, 0.25) is 0 Å². The molecule has 0 aliphatic carbocycles. The monoisotopic (exact) mass is 339 g/mol. The summed E-state index contributed by atoms with van der Waals surface area (Å²) >= 11 is 11.9. The molecule has 0 saturated heterocycles. The molecule has 1 aromatic carbocycles. The molecule has 0 aliphatic heterocycles. The molecule has 0 atom stereocenters. The van der Waals surface area contributed by atoms with Gasteiger partial charge in [-0.05, 0) is 32.9 Å². The number of sulfone groups is 1. The Kier molecular flexibility index (Phi) is 5.72. The van der Waals surface area contributed by atoms with Crippen molar-refractivity contribution in [3.05, 3.63) is 27.7 Å². The second-order valence-electron chi connectivity index (χ2n) is 5.36. The predicted octanol–water partition coefficient (Wildman–Crippen LogP) is 3.04. The average Bonchev–Trinajstić information content (AvgIpc) is 2.29. The highest BCUT2D eigenvalue weighted by atomic mass is 35.5. The summed E-state index contributed by atoms with van der Waals surface area (Å²) < 4.78 is 28.6. The summed E-state index contributed by atoms with van der Waals surface area (Å²) in [5, 5.41) is 0.788. The van der Waals surface area contributed by atoms with Crippen molar-refractivity contribution in [2.45, 2.75) is 32.1 Å². The van der Waals surface area contributed by atoms with Gasteiger partial charge in [-0.2, -0.15) is 0 Å². The zero-order valence-electron chi connectivity index (χ0n) is 11.7. The number of benzene rings is 1. The van der Waals surface area contributed by atoms with Gasteiger partial charge in [0, 0.05) is 17.1 Å². The summed E-state index contributed by atoms with van der Waals surface area (Å²) in [6.07, 6.45) is 0. The summed E-state index contributed by atoms with van der Waals surface area (Å²) in [6, 6.07) is 3.19. The minimum Gasteiger partial charge on any atom is -0.491 e. The predicted molar refractivity (Wildman–Crippen MR) is 83.4 cm³/mol. The summed E-state index contributed by atoms with van der Waals surface area (Å²) in [5.41, 5.74) is 6.25. The van der Waals surface area contributed by atoms with E-state index < -0.39 is 14.6 Å². The number of ether oxygens (including phenoxy) is 1. The van der Waals surface area contributed by atoms with Gasteiger partial charge in [-0.15, -0.1) is 0 Å². The van der Waals surface area contributed by atoms with Crippen LogP contribution in [0.3, 0.4) is 0 Å². The van der Waals surface area contributed by atoms with Crippen LogP contribution in [-0.2, 0) is 16.4 Å². The zero-order valence-corrected chi connectivity index (χ0v) is 14.1. The maximum absolute atomic E-state index is 12.0. The molecule has 0 amide bonds. The maximum atomic E-state index is 12.0. The SMILES string of the molecule is CC(C)(C)S(=O)(=O)CCOc1c(Cl)cc(Cl)cc1CN. The van der Waals surface area contributed by atoms with Gasteiger partial charge in [0.15, 0.2) is 9.84 Å². The Hall–Kier alpha value is -0.490. The van der Waals surface area contributed by atoms with Gasteiger partial charge >= 0.3 is 0 Å². The number of nitrogens with two attached hydrogens (primary N) is 1. The van der Waals surface area contributed by atoms with Crippen molar-refractivity contribution in [1.82, 2.24) is 0 Å². The Balaban J connectivity index is 2.82. The average molecular weight is 340 g/mol. The zero-order chi connectivity index (χ0) is 15.6. The fourth-order valence-electron chi connectivity index (χ4n) is 1.49. The van der Waals surface area contributed by atoms with E-state index in [0.29, 0.717) is 21.4 Å². The fraction of sp³-hybridized carbons (Fsp3) is 0.538. The van der Waals surface area contributed by atoms with Gasteiger partial charge < -0.3 is 10.5 Å². The third kappa shape index (κ3) is 4.25. The van der Waals surface area contributed by atoms with Crippen molar-refractivity contribution in [2.24, 2.45) is 5.73 Å². The molecule has 0 heterocycles. The highest BCUT2D eigenvalue weighted by Gasteiger charge is 2.28. The fourth-order valence-corrected chi connectivity index (χ4v) is 2.99. The van der Waals surface area contributed by atoms with Gasteiger partial charge in [0.05, 0.1) is 15.5 Å². The Morgan fingerprint density at radius 1 is 1.25 bits per heavy atom. The van der Waals surface area contributed by atoms with Crippen LogP contribution in [0.1, 0.15) is 26.3 Å². The second kappa shape index (κ2) is 6.52. The van der Waals surface area contributed by atoms with Crippen LogP contribution in [0.15, 0.2) is 12.1 Å². The van der Waals surface area contributed by atoms with E-state index in [1.165, 1.54) is 6.07 Å². The normalized spacial score (nSPS) is 12.5. The molecule has 0 aliphatic rings. The Morgan fingerprint density at radius 3 is 2.35 bits per heavy atom. The van der Waals surface area contributed by atoms with Gasteiger partial charge in [-0.1, -0.05) is 23.2 Å². The van der Waals surface area contributed by atoms with Crippen molar-refractivity contribution >= 4 is 33.0 Å². The Bertz CT molecular complexity index is 580. The number of hydrogen-bond acceptors (Lipinski definition) is 4. The molecule has 20 heavy (non-hydrogen) atoms. The molecule has 0 bridgehead atoms. The van der Waals surface area contributed by atoms with Crippen molar-refractivity contribution < 1.29 is 13.2 Å². The number of rotatable bonds is 5. The minimum absolute atomic E-state index is 0.0218. The third-order valence-corrected chi connectivity index (χ3v) is 5.91. The molecule has 4 nitrogen and oxygen atoms in total. The first kappa shape index (κ1) is 17.6. The summed E-state index contributed by atoms with van der Waals surface area (Å²) in [5.74, 6) is 0.308. The van der Waals surface area contributed by atoms with Crippen LogP contribution < -0.4 is 10.5 Å². The first-order chi connectivity index (χ1) is 9.08. The van der Waals surface area contributed by atoms with E-state index in [1.54, 1.807) is 26.8 Å². The minimum atomic E-state index is -3.23. The molecule has 114 valence electrons. The van der Waals surface area contributed by atoms with Crippen LogP contribution in [0.4, 0.5) is 0 Å². The standard InChI is InChI=1S/C13H19Cl2NO3S/c1-13(2,3)20(17,18)5-4-19-12-9(8-16)6-10(14)7-11(12)15/h6-7H,4-5,8,16H2,1-3H3. The molecule has 1 aromatic rings. The second-order valence-corrected chi connectivity index (χ2v) is 9.07. The van der Waals surface area contributed by atoms with Crippen LogP contribution >= 0.6 is 23.2 Å². The van der Waals surface area contributed by atoms with E-state index in [0.717, 1.165) is 0 Å². The van der Waals surface area contributed by atoms with Crippen molar-refractivity contribution in [2.75, 3.05) is 12.4 Å². The van der Waals surface area contributed by atoms with E-state index >= 15 is 0 Å². The molecule has 7 heteroatoms. The number of halogens is 2. The van der Waals surface area contributed by atoms with E-state index in [2.05, 4.69) is 0 Å². The van der Waals surface area contributed by atoms with Crippen LogP contribution in [0, 0.1) is 0 Å². The molecule has 0 spiro atoms. The van der Waals surface area contributed by atoms with Crippen LogP contribution in [0.2, 0.25) is 10.0 Å². The van der Waals surface area contributed by atoms with E-state index in [-0.39, 0.29) is 18.9 Å². The van der Waals surface area contributed by atoms with E-state index in [9.17, 15) is 8.42 Å². The first-order valence-corrected chi connectivity index (χ1v) is 8.52. The molecule has 0 radical (unpaired) electrons. The lowest BCUT2D eigenvalue weighted by molar-refractivity contribution is 0.336. The lowest BCUT2D eigenvalue weighted by atomic mass is 10.2. The summed E-state index contributed by atoms with van der Waals surface area (Å²) in [4.78, 5) is 0. The highest BCUT2D eigenvalue weighted by Crippen LogP contribution is 2.32. The number of hydrogen-bond donors (Lipinski definition) is 1. The highest BCUT2D eigenvalue weighted by molar-refractivity contribution is 7.92. The quantitative estimate of drug-likeness (QED) is 0.894. The first-order valence-electron chi connectivity index (χ1n) is 6.11. The van der Waals surface area contributed by atoms with Crippen LogP contribution in [-0.4, -0.2) is 25.5 Å². The molecule has 2 N–H and O–H groups in total. The largest absolute Gasteiger partial charge is 0.491 e.